The number of hydrogen-bond donors (Lipinski definition) is 2. The second-order valence-electron chi connectivity index (χ2n) is 5.37. The number of nitrogens with zero attached hydrogens (tertiary/aromatic N) is 3. The molecule has 0 saturated carbocycles. The third-order valence-corrected chi connectivity index (χ3v) is 5.04. The average Bonchev–Trinajstić information content (AvgIpc) is 3.16. The van der Waals surface area contributed by atoms with Gasteiger partial charge in [-0.15, -0.1) is 10.2 Å². The highest BCUT2D eigenvalue weighted by Crippen LogP contribution is 2.11. The molecule has 3 rings (SSSR count). The van der Waals surface area contributed by atoms with Crippen molar-refractivity contribution in [3.05, 3.63) is 71.3 Å². The summed E-state index contributed by atoms with van der Waals surface area (Å²) in [7, 11) is -3.73. The van der Waals surface area contributed by atoms with E-state index in [9.17, 15) is 17.6 Å². The number of nitrogens with one attached hydrogen (secondary N) is 2. The van der Waals surface area contributed by atoms with Crippen LogP contribution in [0.5, 0.6) is 0 Å². The second kappa shape index (κ2) is 7.50. The summed E-state index contributed by atoms with van der Waals surface area (Å²) in [5, 5.41) is 12.8. The zero-order valence-corrected chi connectivity index (χ0v) is 14.2. The van der Waals surface area contributed by atoms with Gasteiger partial charge in [-0.05, 0) is 47.5 Å². The second-order valence-corrected chi connectivity index (χ2v) is 7.13. The van der Waals surface area contributed by atoms with E-state index in [1.54, 1.807) is 24.3 Å². The molecule has 0 amide bonds. The summed E-state index contributed by atoms with van der Waals surface area (Å²) in [6.07, 6.45) is 0.369. The molecule has 2 N–H and O–H groups in total. The number of aromatic nitrogens is 4. The fraction of sp³-hybridized carbons (Fsp3) is 0.125. The Balaban J connectivity index is 1.64. The number of halogens is 1. The first-order valence-corrected chi connectivity index (χ1v) is 9.06. The highest BCUT2D eigenvalue weighted by atomic mass is 32.2. The Labute approximate surface area is 148 Å². The quantitative estimate of drug-likeness (QED) is 0.597. The van der Waals surface area contributed by atoms with Gasteiger partial charge in [-0.3, -0.25) is 4.79 Å². The summed E-state index contributed by atoms with van der Waals surface area (Å²) in [4.78, 5) is 12.2. The smallest absolute Gasteiger partial charge is 0.245 e. The van der Waals surface area contributed by atoms with E-state index in [1.807, 2.05) is 0 Å². The van der Waals surface area contributed by atoms with Gasteiger partial charge in [0.2, 0.25) is 21.6 Å². The number of H-pyrrole nitrogens is 1. The molecule has 134 valence electrons. The molecule has 2 aromatic carbocycles. The Bertz CT molecular complexity index is 1000. The predicted octanol–water partition coefficient (Wildman–Crippen LogP) is 1.09. The van der Waals surface area contributed by atoms with Crippen molar-refractivity contribution in [1.29, 1.82) is 0 Å². The minimum Gasteiger partial charge on any atom is -0.285 e. The maximum absolute atomic E-state index is 12.9. The Morgan fingerprint density at radius 2 is 1.92 bits per heavy atom. The molecule has 0 radical (unpaired) electrons. The van der Waals surface area contributed by atoms with Gasteiger partial charge < -0.3 is 0 Å². The molecule has 0 atom stereocenters. The summed E-state index contributed by atoms with van der Waals surface area (Å²) in [5.74, 6) is -0.932. The molecule has 0 aliphatic rings. The van der Waals surface area contributed by atoms with Gasteiger partial charge in [0.05, 0.1) is 4.90 Å². The lowest BCUT2D eigenvalue weighted by Gasteiger charge is -2.07. The molecule has 3 aromatic rings. The third kappa shape index (κ3) is 4.16. The molecule has 0 aliphatic heterocycles. The lowest BCUT2D eigenvalue weighted by atomic mass is 10.1. The van der Waals surface area contributed by atoms with E-state index in [4.69, 9.17) is 0 Å². The number of rotatable bonds is 7. The Hall–Kier alpha value is -2.98. The van der Waals surface area contributed by atoms with E-state index in [0.717, 1.165) is 17.7 Å². The molecule has 0 fully saturated rings. The fourth-order valence-corrected chi connectivity index (χ4v) is 3.31. The largest absolute Gasteiger partial charge is 0.285 e. The Kier molecular flexibility index (Phi) is 5.14. The van der Waals surface area contributed by atoms with E-state index >= 15 is 0 Å². The van der Waals surface area contributed by atoms with Gasteiger partial charge in [-0.1, -0.05) is 18.2 Å². The van der Waals surface area contributed by atoms with Gasteiger partial charge in [-0.25, -0.2) is 17.5 Å². The predicted molar refractivity (Wildman–Crippen MR) is 89.3 cm³/mol. The highest BCUT2D eigenvalue weighted by Gasteiger charge is 2.15. The van der Waals surface area contributed by atoms with Crippen molar-refractivity contribution in [1.82, 2.24) is 25.3 Å². The monoisotopic (exact) mass is 375 g/mol. The van der Waals surface area contributed by atoms with Crippen molar-refractivity contribution in [2.45, 2.75) is 11.3 Å². The van der Waals surface area contributed by atoms with E-state index in [0.29, 0.717) is 12.0 Å². The number of aromatic amines is 1. The van der Waals surface area contributed by atoms with Crippen molar-refractivity contribution in [3.63, 3.8) is 0 Å². The van der Waals surface area contributed by atoms with E-state index in [2.05, 4.69) is 25.3 Å². The fourth-order valence-electron chi connectivity index (χ4n) is 2.28. The molecule has 1 heterocycles. The van der Waals surface area contributed by atoms with Gasteiger partial charge in [0.25, 0.3) is 0 Å². The summed E-state index contributed by atoms with van der Waals surface area (Å²) in [5.41, 5.74) is 1.14. The van der Waals surface area contributed by atoms with Crippen LogP contribution in [0.15, 0.2) is 53.4 Å². The maximum Gasteiger partial charge on any atom is 0.245 e. The molecule has 10 heteroatoms. The SMILES string of the molecule is O=C(c1cccc(CCNS(=O)(=O)c2ccc(F)cc2)c1)c1nn[nH]n1. The van der Waals surface area contributed by atoms with E-state index < -0.39 is 15.8 Å². The normalized spacial score (nSPS) is 11.4. The van der Waals surface area contributed by atoms with Crippen LogP contribution in [0.4, 0.5) is 4.39 Å². The number of hydrogen-bond acceptors (Lipinski definition) is 6. The minimum atomic E-state index is -3.73. The van der Waals surface area contributed by atoms with Crippen molar-refractivity contribution < 1.29 is 17.6 Å². The van der Waals surface area contributed by atoms with Crippen LogP contribution >= 0.6 is 0 Å². The molecule has 26 heavy (non-hydrogen) atoms. The summed E-state index contributed by atoms with van der Waals surface area (Å²) in [6, 6.07) is 11.3. The first-order valence-electron chi connectivity index (χ1n) is 7.58. The lowest BCUT2D eigenvalue weighted by molar-refractivity contribution is 0.102. The van der Waals surface area contributed by atoms with Crippen LogP contribution < -0.4 is 4.72 Å². The summed E-state index contributed by atoms with van der Waals surface area (Å²) in [6.45, 7) is 0.125. The number of sulfonamides is 1. The van der Waals surface area contributed by atoms with Crippen molar-refractivity contribution in [2.75, 3.05) is 6.54 Å². The number of ketones is 1. The number of benzene rings is 2. The Morgan fingerprint density at radius 1 is 1.15 bits per heavy atom. The zero-order valence-electron chi connectivity index (χ0n) is 13.4. The molecule has 0 bridgehead atoms. The number of carbonyl (C=O) groups excluding carboxylic acids is 1. The summed E-state index contributed by atoms with van der Waals surface area (Å²) >= 11 is 0. The number of carbonyl (C=O) groups is 1. The van der Waals surface area contributed by atoms with Crippen LogP contribution in [0.1, 0.15) is 21.7 Å². The standard InChI is InChI=1S/C16H14FN5O3S/c17-13-4-6-14(7-5-13)26(24,25)18-9-8-11-2-1-3-12(10-11)15(23)16-19-21-22-20-16/h1-7,10,18H,8-9H2,(H,19,20,21,22). The molecular weight excluding hydrogens is 361 g/mol. The molecule has 0 saturated heterocycles. The van der Waals surface area contributed by atoms with Crippen LogP contribution in [0.25, 0.3) is 0 Å². The molecule has 0 unspecified atom stereocenters. The Morgan fingerprint density at radius 3 is 2.62 bits per heavy atom. The zero-order chi connectivity index (χ0) is 18.6. The molecule has 1 aromatic heterocycles. The van der Waals surface area contributed by atoms with Crippen molar-refractivity contribution >= 4 is 15.8 Å². The minimum absolute atomic E-state index is 0.0139. The van der Waals surface area contributed by atoms with Gasteiger partial charge in [0, 0.05) is 12.1 Å². The third-order valence-electron chi connectivity index (χ3n) is 3.57. The van der Waals surface area contributed by atoms with Gasteiger partial charge in [0.15, 0.2) is 0 Å². The van der Waals surface area contributed by atoms with Gasteiger partial charge >= 0.3 is 0 Å². The van der Waals surface area contributed by atoms with E-state index in [-0.39, 0.29) is 23.0 Å². The highest BCUT2D eigenvalue weighted by molar-refractivity contribution is 7.89. The molecular formula is C16H14FN5O3S. The van der Waals surface area contributed by atoms with Crippen LogP contribution in [0.3, 0.4) is 0 Å². The molecule has 0 aliphatic carbocycles. The van der Waals surface area contributed by atoms with E-state index in [1.165, 1.54) is 12.1 Å². The first-order chi connectivity index (χ1) is 12.5. The summed E-state index contributed by atoms with van der Waals surface area (Å²) < 4.78 is 39.6. The lowest BCUT2D eigenvalue weighted by Crippen LogP contribution is -2.26. The average molecular weight is 375 g/mol. The topological polar surface area (TPSA) is 118 Å². The van der Waals surface area contributed by atoms with Crippen LogP contribution in [0, 0.1) is 5.82 Å². The van der Waals surface area contributed by atoms with Crippen LogP contribution in [0.2, 0.25) is 0 Å². The van der Waals surface area contributed by atoms with Gasteiger partial charge in [0.1, 0.15) is 5.82 Å². The van der Waals surface area contributed by atoms with Gasteiger partial charge in [-0.2, -0.15) is 5.21 Å². The van der Waals surface area contributed by atoms with Crippen LogP contribution in [-0.4, -0.2) is 41.4 Å². The van der Waals surface area contributed by atoms with Crippen molar-refractivity contribution in [3.8, 4) is 0 Å². The molecule has 8 nitrogen and oxygen atoms in total. The first kappa shape index (κ1) is 17.8. The van der Waals surface area contributed by atoms with Crippen LogP contribution in [-0.2, 0) is 16.4 Å². The maximum atomic E-state index is 12.9. The van der Waals surface area contributed by atoms with Crippen molar-refractivity contribution in [2.24, 2.45) is 0 Å². The number of tetrazole rings is 1. The molecule has 0 spiro atoms.